The Hall–Kier alpha value is -1.39. The lowest BCUT2D eigenvalue weighted by Gasteiger charge is -2.24. The fourth-order valence-electron chi connectivity index (χ4n) is 4.26. The molecule has 2 saturated carbocycles. The highest BCUT2D eigenvalue weighted by molar-refractivity contribution is 5.76. The van der Waals surface area contributed by atoms with Crippen LogP contribution in [0.3, 0.4) is 0 Å². The summed E-state index contributed by atoms with van der Waals surface area (Å²) in [5.41, 5.74) is 0. The molecule has 0 radical (unpaired) electrons. The molecule has 1 aromatic rings. The fraction of sp³-hybridized carbons (Fsp3) is 0.842. The number of carbonyl (C=O) groups excluding carboxylic acids is 1. The van der Waals surface area contributed by atoms with E-state index in [0.717, 1.165) is 50.5 Å². The van der Waals surface area contributed by atoms with Gasteiger partial charge in [0.1, 0.15) is 0 Å². The lowest BCUT2D eigenvalue weighted by atomic mass is 9.87. The van der Waals surface area contributed by atoms with Gasteiger partial charge in [-0.25, -0.2) is 0 Å². The molecule has 132 valence electrons. The molecule has 24 heavy (non-hydrogen) atoms. The Morgan fingerprint density at radius 2 is 1.92 bits per heavy atom. The van der Waals surface area contributed by atoms with Crippen LogP contribution in [0, 0.1) is 11.8 Å². The van der Waals surface area contributed by atoms with Gasteiger partial charge in [-0.1, -0.05) is 24.4 Å². The topological polar surface area (TPSA) is 59.2 Å². The second-order valence-corrected chi connectivity index (χ2v) is 8.06. The van der Waals surface area contributed by atoms with E-state index in [9.17, 15) is 4.79 Å². The van der Waals surface area contributed by atoms with Crippen molar-refractivity contribution in [1.82, 2.24) is 15.0 Å². The van der Waals surface area contributed by atoms with Crippen molar-refractivity contribution in [3.05, 3.63) is 11.7 Å². The molecule has 5 nitrogen and oxygen atoms in total. The van der Waals surface area contributed by atoms with Crippen molar-refractivity contribution in [3.63, 3.8) is 0 Å². The maximum Gasteiger partial charge on any atom is 0.229 e. The van der Waals surface area contributed by atoms with E-state index >= 15 is 0 Å². The summed E-state index contributed by atoms with van der Waals surface area (Å²) < 4.78 is 5.32. The van der Waals surface area contributed by atoms with Crippen LogP contribution in [0.4, 0.5) is 0 Å². The first-order valence-corrected chi connectivity index (χ1v) is 9.88. The Kier molecular flexibility index (Phi) is 4.86. The largest absolute Gasteiger partial charge is 0.342 e. The van der Waals surface area contributed by atoms with Gasteiger partial charge in [-0.3, -0.25) is 4.79 Å². The van der Waals surface area contributed by atoms with Crippen LogP contribution in [0.2, 0.25) is 0 Å². The zero-order valence-electron chi connectivity index (χ0n) is 14.6. The molecule has 0 bridgehead atoms. The molecular weight excluding hydrogens is 302 g/mol. The Morgan fingerprint density at radius 1 is 1.08 bits per heavy atom. The number of aromatic nitrogens is 2. The summed E-state index contributed by atoms with van der Waals surface area (Å²) in [5, 5.41) is 4.10. The number of aryl methyl sites for hydroxylation is 1. The maximum atomic E-state index is 12.5. The van der Waals surface area contributed by atoms with E-state index in [1.54, 1.807) is 0 Å². The van der Waals surface area contributed by atoms with Crippen LogP contribution in [0.5, 0.6) is 0 Å². The molecule has 4 rings (SSSR count). The van der Waals surface area contributed by atoms with Crippen LogP contribution in [-0.4, -0.2) is 34.0 Å². The van der Waals surface area contributed by atoms with Crippen molar-refractivity contribution in [2.45, 2.75) is 76.5 Å². The summed E-state index contributed by atoms with van der Waals surface area (Å²) in [6, 6.07) is 0. The van der Waals surface area contributed by atoms with E-state index in [1.165, 1.54) is 44.9 Å². The van der Waals surface area contributed by atoms with E-state index in [4.69, 9.17) is 4.52 Å². The molecule has 1 saturated heterocycles. The summed E-state index contributed by atoms with van der Waals surface area (Å²) in [4.78, 5) is 19.1. The third-order valence-corrected chi connectivity index (χ3v) is 6.01. The molecule has 2 heterocycles. The van der Waals surface area contributed by atoms with E-state index < -0.39 is 0 Å². The highest BCUT2D eigenvalue weighted by Gasteiger charge is 2.30. The zero-order chi connectivity index (χ0) is 16.4. The molecule has 3 aliphatic rings. The number of rotatable bonds is 6. The third-order valence-electron chi connectivity index (χ3n) is 6.01. The number of amides is 1. The van der Waals surface area contributed by atoms with Gasteiger partial charge < -0.3 is 9.42 Å². The Balaban J connectivity index is 1.20. The van der Waals surface area contributed by atoms with Crippen LogP contribution < -0.4 is 0 Å². The predicted molar refractivity (Wildman–Crippen MR) is 90.5 cm³/mol. The highest BCUT2D eigenvalue weighted by atomic mass is 16.5. The Bertz CT molecular complexity index is 561. The fourth-order valence-corrected chi connectivity index (χ4v) is 4.26. The van der Waals surface area contributed by atoms with Crippen molar-refractivity contribution in [2.24, 2.45) is 11.8 Å². The molecule has 2 aliphatic carbocycles. The molecule has 1 unspecified atom stereocenters. The molecule has 0 N–H and O–H groups in total. The van der Waals surface area contributed by atoms with Gasteiger partial charge in [0.2, 0.25) is 11.8 Å². The lowest BCUT2D eigenvalue weighted by molar-refractivity contribution is -0.131. The van der Waals surface area contributed by atoms with E-state index in [1.807, 2.05) is 0 Å². The van der Waals surface area contributed by atoms with Gasteiger partial charge in [-0.05, 0) is 50.4 Å². The average molecular weight is 331 g/mol. The van der Waals surface area contributed by atoms with Crippen LogP contribution in [0.25, 0.3) is 0 Å². The van der Waals surface area contributed by atoms with E-state index in [-0.39, 0.29) is 0 Å². The van der Waals surface area contributed by atoms with Crippen molar-refractivity contribution in [2.75, 3.05) is 13.1 Å². The van der Waals surface area contributed by atoms with Crippen molar-refractivity contribution < 1.29 is 9.32 Å². The first-order valence-electron chi connectivity index (χ1n) is 9.88. The minimum Gasteiger partial charge on any atom is -0.342 e. The van der Waals surface area contributed by atoms with Gasteiger partial charge in [0, 0.05) is 31.8 Å². The van der Waals surface area contributed by atoms with Gasteiger partial charge in [0.05, 0.1) is 0 Å². The molecule has 1 aromatic heterocycles. The highest BCUT2D eigenvalue weighted by Crippen LogP contribution is 2.39. The van der Waals surface area contributed by atoms with Gasteiger partial charge in [-0.2, -0.15) is 4.98 Å². The van der Waals surface area contributed by atoms with Crippen molar-refractivity contribution in [3.8, 4) is 0 Å². The molecule has 1 aliphatic heterocycles. The van der Waals surface area contributed by atoms with Crippen LogP contribution >= 0.6 is 0 Å². The van der Waals surface area contributed by atoms with Crippen LogP contribution in [-0.2, 0) is 11.2 Å². The standard InChI is InChI=1S/C19H29N3O2/c23-18(12-14-4-2-1-3-5-14)22-11-10-15(13-22)6-9-17-20-19(24-21-17)16-7-8-16/h14-16H,1-13H2. The summed E-state index contributed by atoms with van der Waals surface area (Å²) in [6.07, 6.45) is 12.7. The summed E-state index contributed by atoms with van der Waals surface area (Å²) in [5.74, 6) is 3.85. The Morgan fingerprint density at radius 3 is 2.71 bits per heavy atom. The molecule has 0 spiro atoms. The van der Waals surface area contributed by atoms with Crippen molar-refractivity contribution >= 4 is 5.91 Å². The molecule has 1 amide bonds. The van der Waals surface area contributed by atoms with Crippen LogP contribution in [0.1, 0.15) is 81.8 Å². The Labute approximate surface area is 144 Å². The second-order valence-electron chi connectivity index (χ2n) is 8.06. The third kappa shape index (κ3) is 3.98. The van der Waals surface area contributed by atoms with E-state index in [0.29, 0.717) is 23.7 Å². The number of nitrogens with zero attached hydrogens (tertiary/aromatic N) is 3. The molecule has 3 fully saturated rings. The molecular formula is C19H29N3O2. The monoisotopic (exact) mass is 331 g/mol. The lowest BCUT2D eigenvalue weighted by Crippen LogP contribution is -2.30. The molecule has 5 heteroatoms. The van der Waals surface area contributed by atoms with Gasteiger partial charge >= 0.3 is 0 Å². The second kappa shape index (κ2) is 7.24. The first-order chi connectivity index (χ1) is 11.8. The normalized spacial score (nSPS) is 25.3. The quantitative estimate of drug-likeness (QED) is 0.797. The molecule has 0 aromatic carbocycles. The maximum absolute atomic E-state index is 12.5. The van der Waals surface area contributed by atoms with Gasteiger partial charge in [0.25, 0.3) is 0 Å². The minimum atomic E-state index is 0.389. The number of hydrogen-bond acceptors (Lipinski definition) is 4. The average Bonchev–Trinajstić information content (AvgIpc) is 3.16. The van der Waals surface area contributed by atoms with Crippen LogP contribution in [0.15, 0.2) is 4.52 Å². The predicted octanol–water partition coefficient (Wildman–Crippen LogP) is 3.70. The number of likely N-dealkylation sites (tertiary alicyclic amines) is 1. The summed E-state index contributed by atoms with van der Waals surface area (Å²) >= 11 is 0. The smallest absolute Gasteiger partial charge is 0.229 e. The summed E-state index contributed by atoms with van der Waals surface area (Å²) in [6.45, 7) is 1.87. The van der Waals surface area contributed by atoms with Crippen molar-refractivity contribution in [1.29, 1.82) is 0 Å². The SMILES string of the molecule is O=C(CC1CCCCC1)N1CCC(CCc2noc(C3CC3)n2)C1. The zero-order valence-corrected chi connectivity index (χ0v) is 14.6. The van der Waals surface area contributed by atoms with Gasteiger partial charge in [-0.15, -0.1) is 0 Å². The summed E-state index contributed by atoms with van der Waals surface area (Å²) in [7, 11) is 0. The number of hydrogen-bond donors (Lipinski definition) is 0. The first kappa shape index (κ1) is 16.1. The minimum absolute atomic E-state index is 0.389. The van der Waals surface area contributed by atoms with Gasteiger partial charge in [0.15, 0.2) is 5.82 Å². The number of carbonyl (C=O) groups is 1. The molecule has 1 atom stereocenters. The van der Waals surface area contributed by atoms with E-state index in [2.05, 4.69) is 15.0 Å².